The van der Waals surface area contributed by atoms with E-state index in [0.717, 1.165) is 56.3 Å². The number of hydrogen-bond donors (Lipinski definition) is 0. The second kappa shape index (κ2) is 13.7. The lowest BCUT2D eigenvalue weighted by atomic mass is 9.77. The van der Waals surface area contributed by atoms with Crippen LogP contribution in [0.25, 0.3) is 67.9 Å². The topological polar surface area (TPSA) is 77.3 Å². The van der Waals surface area contributed by atoms with E-state index in [1.54, 1.807) is 12.4 Å². The van der Waals surface area contributed by atoms with Crippen LogP contribution in [0.3, 0.4) is 0 Å². The van der Waals surface area contributed by atoms with Crippen molar-refractivity contribution in [2.45, 2.75) is 19.3 Å². The Kier molecular flexibility index (Phi) is 8.48. The molecule has 0 unspecified atom stereocenters. The predicted octanol–water partition coefficient (Wildman–Crippen LogP) is 10.4. The second-order valence-corrected chi connectivity index (χ2v) is 12.9. The summed E-state index contributed by atoms with van der Waals surface area (Å²) in [4.78, 5) is 28.8. The van der Waals surface area contributed by atoms with E-state index < -0.39 is 0 Å². The zero-order chi connectivity index (χ0) is 34.6. The summed E-state index contributed by atoms with van der Waals surface area (Å²) < 4.78 is 0. The zero-order valence-corrected chi connectivity index (χ0v) is 28.3. The van der Waals surface area contributed by atoms with Gasteiger partial charge in [-0.3, -0.25) is 9.97 Å². The van der Waals surface area contributed by atoms with Gasteiger partial charge in [0, 0.05) is 51.8 Å². The number of hydrogen-bond acceptors (Lipinski definition) is 6. The molecule has 0 aliphatic carbocycles. The highest BCUT2D eigenvalue weighted by Crippen LogP contribution is 2.35. The molecule has 0 aliphatic heterocycles. The third kappa shape index (κ3) is 6.67. The van der Waals surface area contributed by atoms with Crippen LogP contribution >= 0.6 is 0 Å². The third-order valence-corrected chi connectivity index (χ3v) is 9.21. The molecule has 0 bridgehead atoms. The molecule has 244 valence electrons. The summed E-state index contributed by atoms with van der Waals surface area (Å²) in [7, 11) is 0. The smallest absolute Gasteiger partial charge is 0.160 e. The van der Waals surface area contributed by atoms with Gasteiger partial charge in [-0.1, -0.05) is 129 Å². The molecule has 0 fully saturated rings. The number of rotatable bonds is 8. The average molecular weight is 659 g/mol. The van der Waals surface area contributed by atoms with Crippen molar-refractivity contribution in [2.24, 2.45) is 0 Å². The van der Waals surface area contributed by atoms with Crippen molar-refractivity contribution in [3.05, 3.63) is 181 Å². The largest absolute Gasteiger partial charge is 0.264 e. The van der Waals surface area contributed by atoms with Gasteiger partial charge in [0.25, 0.3) is 0 Å². The second-order valence-electron chi connectivity index (χ2n) is 12.9. The maximum atomic E-state index is 4.99. The highest BCUT2D eigenvalue weighted by Gasteiger charge is 2.24. The summed E-state index contributed by atoms with van der Waals surface area (Å²) in [5.41, 5.74) is 11.2. The minimum absolute atomic E-state index is 0.267. The fraction of sp³-hybridized carbons (Fsp3) is 0.0667. The summed E-state index contributed by atoms with van der Waals surface area (Å²) in [6.45, 7) is 4.49. The molecule has 0 atom stereocenters. The number of benzene rings is 4. The summed E-state index contributed by atoms with van der Waals surface area (Å²) >= 11 is 0. The van der Waals surface area contributed by atoms with Crippen molar-refractivity contribution < 1.29 is 0 Å². The average Bonchev–Trinajstić information content (AvgIpc) is 3.22. The molecular formula is C45H34N6. The number of aromatic nitrogens is 6. The first kappa shape index (κ1) is 31.6. The van der Waals surface area contributed by atoms with Crippen LogP contribution in [0.15, 0.2) is 170 Å². The predicted molar refractivity (Wildman–Crippen MR) is 204 cm³/mol. The molecule has 4 aromatic carbocycles. The Morgan fingerprint density at radius 1 is 0.373 bits per heavy atom. The molecule has 0 aliphatic rings. The Bertz CT molecular complexity index is 2110. The van der Waals surface area contributed by atoms with Crippen molar-refractivity contribution in [1.82, 2.24) is 29.9 Å². The Morgan fingerprint density at radius 3 is 1.33 bits per heavy atom. The molecule has 0 saturated carbocycles. The van der Waals surface area contributed by atoms with E-state index in [9.17, 15) is 0 Å². The monoisotopic (exact) mass is 658 g/mol. The minimum Gasteiger partial charge on any atom is -0.264 e. The molecule has 6 heteroatoms. The van der Waals surface area contributed by atoms with Crippen molar-refractivity contribution in [3.8, 4) is 67.9 Å². The fourth-order valence-electron chi connectivity index (χ4n) is 6.21. The van der Waals surface area contributed by atoms with E-state index in [0.29, 0.717) is 11.6 Å². The Hall–Kier alpha value is -6.66. The molecule has 8 rings (SSSR count). The number of pyridine rings is 2. The standard InChI is InChI=1S/C45H34N6/c1-45(2,36-22-18-33(19-23-36)43-48-39(31-12-5-3-6-13-31)28-41(50-43)35-16-11-26-46-30-35)37-24-20-34(21-25-37)44-49-40(32-14-7-4-8-15-32)29-42(51-44)38-17-9-10-27-47-38/h3-30H,1-2H3. The van der Waals surface area contributed by atoms with Gasteiger partial charge >= 0.3 is 0 Å². The van der Waals surface area contributed by atoms with E-state index in [1.807, 2.05) is 85.1 Å². The summed E-state index contributed by atoms with van der Waals surface area (Å²) in [5, 5.41) is 0. The lowest BCUT2D eigenvalue weighted by Crippen LogP contribution is -2.18. The first-order valence-electron chi connectivity index (χ1n) is 16.9. The molecule has 0 amide bonds. The van der Waals surface area contributed by atoms with Crippen molar-refractivity contribution in [2.75, 3.05) is 0 Å². The lowest BCUT2D eigenvalue weighted by Gasteiger charge is -2.26. The van der Waals surface area contributed by atoms with E-state index in [2.05, 4.69) is 96.6 Å². The van der Waals surface area contributed by atoms with Gasteiger partial charge in [0.2, 0.25) is 0 Å². The first-order valence-corrected chi connectivity index (χ1v) is 16.9. The molecule has 6 nitrogen and oxygen atoms in total. The van der Waals surface area contributed by atoms with Crippen molar-refractivity contribution >= 4 is 0 Å². The van der Waals surface area contributed by atoms with Crippen LogP contribution in [0.1, 0.15) is 25.0 Å². The Labute approximate surface area is 297 Å². The van der Waals surface area contributed by atoms with Crippen LogP contribution in [0.4, 0.5) is 0 Å². The minimum atomic E-state index is -0.267. The van der Waals surface area contributed by atoms with Crippen LogP contribution in [-0.4, -0.2) is 29.9 Å². The normalized spacial score (nSPS) is 11.3. The molecule has 8 aromatic rings. The summed E-state index contributed by atoms with van der Waals surface area (Å²) in [6, 6.07) is 51.4. The van der Waals surface area contributed by atoms with E-state index in [4.69, 9.17) is 19.9 Å². The molecule has 51 heavy (non-hydrogen) atoms. The first-order chi connectivity index (χ1) is 25.0. The van der Waals surface area contributed by atoms with Gasteiger partial charge < -0.3 is 0 Å². The van der Waals surface area contributed by atoms with Gasteiger partial charge in [0.1, 0.15) is 0 Å². The van der Waals surface area contributed by atoms with Gasteiger partial charge in [-0.2, -0.15) is 0 Å². The third-order valence-electron chi connectivity index (χ3n) is 9.21. The van der Waals surface area contributed by atoms with E-state index >= 15 is 0 Å². The molecule has 0 saturated heterocycles. The molecule has 4 aromatic heterocycles. The summed E-state index contributed by atoms with van der Waals surface area (Å²) in [5.74, 6) is 1.33. The molecule has 4 heterocycles. The van der Waals surface area contributed by atoms with Gasteiger partial charge in [0.15, 0.2) is 11.6 Å². The maximum absolute atomic E-state index is 4.99. The Morgan fingerprint density at radius 2 is 0.843 bits per heavy atom. The molecule has 0 radical (unpaired) electrons. The molecular weight excluding hydrogens is 625 g/mol. The van der Waals surface area contributed by atoms with Gasteiger partial charge in [-0.15, -0.1) is 0 Å². The fourth-order valence-corrected chi connectivity index (χ4v) is 6.21. The zero-order valence-electron chi connectivity index (χ0n) is 28.3. The van der Waals surface area contributed by atoms with Gasteiger partial charge in [-0.25, -0.2) is 19.9 Å². The summed E-state index contributed by atoms with van der Waals surface area (Å²) in [6.07, 6.45) is 5.40. The lowest BCUT2D eigenvalue weighted by molar-refractivity contribution is 0.641. The maximum Gasteiger partial charge on any atom is 0.160 e. The highest BCUT2D eigenvalue weighted by atomic mass is 14.9. The van der Waals surface area contributed by atoms with Gasteiger partial charge in [-0.05, 0) is 47.5 Å². The SMILES string of the molecule is CC(C)(c1ccc(-c2nc(-c3ccccc3)cc(-c3cccnc3)n2)cc1)c1ccc(-c2nc(-c3ccccc3)cc(-c3ccccn3)n2)cc1. The van der Waals surface area contributed by atoms with Crippen molar-refractivity contribution in [3.63, 3.8) is 0 Å². The Balaban J connectivity index is 1.10. The number of nitrogens with zero attached hydrogens (tertiary/aromatic N) is 6. The van der Waals surface area contributed by atoms with Crippen LogP contribution in [0.5, 0.6) is 0 Å². The van der Waals surface area contributed by atoms with Crippen LogP contribution in [-0.2, 0) is 5.41 Å². The van der Waals surface area contributed by atoms with Crippen LogP contribution < -0.4 is 0 Å². The molecule has 0 spiro atoms. The highest BCUT2D eigenvalue weighted by molar-refractivity contribution is 5.72. The van der Waals surface area contributed by atoms with Gasteiger partial charge in [0.05, 0.1) is 28.5 Å². The quantitative estimate of drug-likeness (QED) is 0.162. The molecule has 0 N–H and O–H groups in total. The van der Waals surface area contributed by atoms with E-state index in [1.165, 1.54) is 11.1 Å². The van der Waals surface area contributed by atoms with Crippen LogP contribution in [0, 0.1) is 0 Å². The van der Waals surface area contributed by atoms with E-state index in [-0.39, 0.29) is 5.41 Å². The van der Waals surface area contributed by atoms with Crippen LogP contribution in [0.2, 0.25) is 0 Å². The van der Waals surface area contributed by atoms with Crippen molar-refractivity contribution in [1.29, 1.82) is 0 Å².